The Morgan fingerprint density at radius 1 is 1.25 bits per heavy atom. The summed E-state index contributed by atoms with van der Waals surface area (Å²) in [5, 5.41) is 8.75. The van der Waals surface area contributed by atoms with Crippen LogP contribution in [-0.4, -0.2) is 28.6 Å². The zero-order valence-electron chi connectivity index (χ0n) is 14.7. The van der Waals surface area contributed by atoms with Crippen LogP contribution in [0.15, 0.2) is 42.6 Å². The predicted octanol–water partition coefficient (Wildman–Crippen LogP) is 4.67. The number of likely N-dealkylation sites (tertiary alicyclic amines) is 1. The Hall–Kier alpha value is -2.03. The van der Waals surface area contributed by atoms with E-state index in [0.29, 0.717) is 12.0 Å². The number of rotatable bonds is 6. The van der Waals surface area contributed by atoms with E-state index in [2.05, 4.69) is 61.7 Å². The molecule has 0 amide bonds. The van der Waals surface area contributed by atoms with Crippen molar-refractivity contribution in [2.45, 2.75) is 51.5 Å². The van der Waals surface area contributed by atoms with Gasteiger partial charge in [0.2, 0.25) is 0 Å². The maximum atomic E-state index is 10.6. The standard InChI is InChI=1S/C21H27NO2/c1-15-21(2,3)20-17-10-7-6-9-16(17)12-13-18(20)22(15)14-8-4-5-11-19(23)24/h6-7,9-10,12-13,18,20H,1,4-5,8,11,14H2,2-3H3,(H,23,24). The van der Waals surface area contributed by atoms with Crippen molar-refractivity contribution in [3.8, 4) is 0 Å². The lowest BCUT2D eigenvalue weighted by molar-refractivity contribution is -0.137. The minimum absolute atomic E-state index is 0.0343. The van der Waals surface area contributed by atoms with Gasteiger partial charge in [-0.1, -0.05) is 63.3 Å². The Balaban J connectivity index is 1.74. The Morgan fingerprint density at radius 2 is 2.00 bits per heavy atom. The molecule has 0 radical (unpaired) electrons. The van der Waals surface area contributed by atoms with E-state index in [1.54, 1.807) is 0 Å². The highest BCUT2D eigenvalue weighted by molar-refractivity contribution is 5.66. The van der Waals surface area contributed by atoms with Crippen LogP contribution in [0, 0.1) is 5.41 Å². The SMILES string of the molecule is C=C1N(CCCCCC(=O)O)C2C=Cc3ccccc3C2C1(C)C. The Kier molecular flexibility index (Phi) is 4.53. The minimum Gasteiger partial charge on any atom is -0.481 e. The van der Waals surface area contributed by atoms with Gasteiger partial charge >= 0.3 is 5.97 Å². The number of carbonyl (C=O) groups is 1. The summed E-state index contributed by atoms with van der Waals surface area (Å²) in [5.41, 5.74) is 3.98. The van der Waals surface area contributed by atoms with Gasteiger partial charge < -0.3 is 10.0 Å². The fourth-order valence-electron chi connectivity index (χ4n) is 4.29. The Labute approximate surface area is 144 Å². The summed E-state index contributed by atoms with van der Waals surface area (Å²) >= 11 is 0. The third-order valence-electron chi connectivity index (χ3n) is 5.66. The Bertz CT molecular complexity index is 674. The fraction of sp³-hybridized carbons (Fsp3) is 0.476. The van der Waals surface area contributed by atoms with Crippen LogP contribution in [0.2, 0.25) is 0 Å². The molecule has 128 valence electrons. The van der Waals surface area contributed by atoms with Crippen molar-refractivity contribution in [3.63, 3.8) is 0 Å². The molecule has 0 spiro atoms. The second kappa shape index (κ2) is 6.46. The highest BCUT2D eigenvalue weighted by Gasteiger charge is 2.50. The van der Waals surface area contributed by atoms with Crippen molar-refractivity contribution in [1.29, 1.82) is 0 Å². The van der Waals surface area contributed by atoms with Crippen LogP contribution in [-0.2, 0) is 4.79 Å². The summed E-state index contributed by atoms with van der Waals surface area (Å²) in [7, 11) is 0. The largest absolute Gasteiger partial charge is 0.481 e. The van der Waals surface area contributed by atoms with Crippen molar-refractivity contribution in [3.05, 3.63) is 53.7 Å². The van der Waals surface area contributed by atoms with Crippen LogP contribution in [0.3, 0.4) is 0 Å². The van der Waals surface area contributed by atoms with Gasteiger partial charge in [0.1, 0.15) is 0 Å². The maximum Gasteiger partial charge on any atom is 0.303 e. The fourth-order valence-corrected chi connectivity index (χ4v) is 4.29. The zero-order chi connectivity index (χ0) is 17.3. The van der Waals surface area contributed by atoms with E-state index in [4.69, 9.17) is 5.11 Å². The van der Waals surface area contributed by atoms with E-state index in [9.17, 15) is 4.79 Å². The molecule has 3 nitrogen and oxygen atoms in total. The molecule has 1 heterocycles. The molecule has 3 heteroatoms. The summed E-state index contributed by atoms with van der Waals surface area (Å²) in [6, 6.07) is 9.03. The van der Waals surface area contributed by atoms with Crippen LogP contribution >= 0.6 is 0 Å². The first-order valence-corrected chi connectivity index (χ1v) is 8.88. The third-order valence-corrected chi connectivity index (χ3v) is 5.66. The van der Waals surface area contributed by atoms with Crippen LogP contribution in [0.1, 0.15) is 56.6 Å². The molecule has 24 heavy (non-hydrogen) atoms. The zero-order valence-corrected chi connectivity index (χ0v) is 14.7. The number of hydrogen-bond acceptors (Lipinski definition) is 2. The average molecular weight is 325 g/mol. The molecule has 2 atom stereocenters. The normalized spacial score (nSPS) is 23.9. The summed E-state index contributed by atoms with van der Waals surface area (Å²) in [5.74, 6) is -0.265. The van der Waals surface area contributed by atoms with E-state index >= 15 is 0 Å². The van der Waals surface area contributed by atoms with Gasteiger partial charge in [-0.25, -0.2) is 0 Å². The van der Waals surface area contributed by atoms with E-state index in [0.717, 1.165) is 25.8 Å². The maximum absolute atomic E-state index is 10.6. The number of allylic oxidation sites excluding steroid dienone is 1. The first kappa shape index (κ1) is 16.8. The number of nitrogens with zero attached hydrogens (tertiary/aromatic N) is 1. The molecule has 3 rings (SSSR count). The number of carboxylic acid groups (broad SMARTS) is 1. The van der Waals surface area contributed by atoms with Crippen LogP contribution in [0.4, 0.5) is 0 Å². The molecule has 2 unspecified atom stereocenters. The number of benzene rings is 1. The third kappa shape index (κ3) is 2.88. The van der Waals surface area contributed by atoms with E-state index in [1.807, 2.05) is 0 Å². The lowest BCUT2D eigenvalue weighted by Crippen LogP contribution is -2.32. The van der Waals surface area contributed by atoms with Crippen molar-refractivity contribution >= 4 is 12.0 Å². The van der Waals surface area contributed by atoms with Gasteiger partial charge in [-0.3, -0.25) is 4.79 Å². The van der Waals surface area contributed by atoms with Crippen LogP contribution in [0.5, 0.6) is 0 Å². The molecule has 1 aromatic rings. The molecule has 1 aliphatic heterocycles. The molecule has 0 bridgehead atoms. The lowest BCUT2D eigenvalue weighted by atomic mass is 9.70. The molecule has 1 saturated heterocycles. The molecule has 2 aliphatic rings. The number of unbranched alkanes of at least 4 members (excludes halogenated alkanes) is 2. The van der Waals surface area contributed by atoms with Gasteiger partial charge in [0, 0.05) is 30.0 Å². The lowest BCUT2D eigenvalue weighted by Gasteiger charge is -2.32. The van der Waals surface area contributed by atoms with Gasteiger partial charge in [-0.2, -0.15) is 0 Å². The van der Waals surface area contributed by atoms with Gasteiger partial charge in [-0.15, -0.1) is 0 Å². The highest BCUT2D eigenvalue weighted by atomic mass is 16.4. The highest BCUT2D eigenvalue weighted by Crippen LogP contribution is 2.55. The second-order valence-electron chi connectivity index (χ2n) is 7.52. The summed E-state index contributed by atoms with van der Waals surface area (Å²) in [6.07, 6.45) is 7.56. The van der Waals surface area contributed by atoms with Crippen LogP contribution < -0.4 is 0 Å². The van der Waals surface area contributed by atoms with Crippen molar-refractivity contribution in [2.75, 3.05) is 6.54 Å². The van der Waals surface area contributed by atoms with Crippen LogP contribution in [0.25, 0.3) is 6.08 Å². The molecular weight excluding hydrogens is 298 g/mol. The monoisotopic (exact) mass is 325 g/mol. The van der Waals surface area contributed by atoms with Gasteiger partial charge in [0.05, 0.1) is 6.04 Å². The van der Waals surface area contributed by atoms with Crippen molar-refractivity contribution in [1.82, 2.24) is 4.90 Å². The van der Waals surface area contributed by atoms with Crippen molar-refractivity contribution in [2.24, 2.45) is 5.41 Å². The second-order valence-corrected chi connectivity index (χ2v) is 7.52. The minimum atomic E-state index is -0.700. The van der Waals surface area contributed by atoms with Crippen molar-refractivity contribution < 1.29 is 9.90 Å². The van der Waals surface area contributed by atoms with Gasteiger partial charge in [0.15, 0.2) is 0 Å². The molecule has 0 saturated carbocycles. The summed E-state index contributed by atoms with van der Waals surface area (Å²) < 4.78 is 0. The summed E-state index contributed by atoms with van der Waals surface area (Å²) in [6.45, 7) is 9.96. The number of aliphatic carboxylic acids is 1. The van der Waals surface area contributed by atoms with E-state index in [1.165, 1.54) is 16.8 Å². The summed E-state index contributed by atoms with van der Waals surface area (Å²) in [4.78, 5) is 13.1. The first-order chi connectivity index (χ1) is 11.4. The van der Waals surface area contributed by atoms with E-state index in [-0.39, 0.29) is 11.8 Å². The number of fused-ring (bicyclic) bond motifs is 3. The van der Waals surface area contributed by atoms with E-state index < -0.39 is 5.97 Å². The predicted molar refractivity (Wildman–Crippen MR) is 97.7 cm³/mol. The topological polar surface area (TPSA) is 40.5 Å². The molecule has 1 aliphatic carbocycles. The molecular formula is C21H27NO2. The molecule has 1 fully saturated rings. The Morgan fingerprint density at radius 3 is 2.75 bits per heavy atom. The quantitative estimate of drug-likeness (QED) is 0.773. The van der Waals surface area contributed by atoms with Gasteiger partial charge in [-0.05, 0) is 24.0 Å². The molecule has 1 N–H and O–H groups in total. The number of carboxylic acids is 1. The smallest absolute Gasteiger partial charge is 0.303 e. The molecule has 1 aromatic carbocycles. The average Bonchev–Trinajstić information content (AvgIpc) is 2.75. The van der Waals surface area contributed by atoms with Gasteiger partial charge in [0.25, 0.3) is 0 Å². The molecule has 0 aromatic heterocycles. The number of hydrogen-bond donors (Lipinski definition) is 1. The first-order valence-electron chi connectivity index (χ1n) is 8.88.